The summed E-state index contributed by atoms with van der Waals surface area (Å²) < 4.78 is 11.4. The van der Waals surface area contributed by atoms with E-state index in [9.17, 15) is 4.79 Å². The van der Waals surface area contributed by atoms with E-state index in [1.54, 1.807) is 25.2 Å². The Labute approximate surface area is 134 Å². The second-order valence-corrected chi connectivity index (χ2v) is 4.93. The van der Waals surface area contributed by atoms with Crippen LogP contribution in [0.1, 0.15) is 37.0 Å². The molecule has 0 spiro atoms. The van der Waals surface area contributed by atoms with Gasteiger partial charge < -0.3 is 9.47 Å². The highest BCUT2D eigenvalue weighted by Crippen LogP contribution is 2.29. The molecule has 0 bridgehead atoms. The lowest BCUT2D eigenvalue weighted by Gasteiger charge is -2.16. The predicted molar refractivity (Wildman–Crippen MR) is 84.9 cm³/mol. The molecule has 0 fully saturated rings. The monoisotopic (exact) mass is 319 g/mol. The Morgan fingerprint density at radius 1 is 1.17 bits per heavy atom. The van der Waals surface area contributed by atoms with E-state index in [1.807, 2.05) is 13.8 Å². The maximum atomic E-state index is 12.5. The van der Waals surface area contributed by atoms with Crippen LogP contribution in [0.2, 0.25) is 0 Å². The van der Waals surface area contributed by atoms with Crippen LogP contribution in [0.4, 0.5) is 5.95 Å². The number of nitrogens with zero attached hydrogens (tertiary/aromatic N) is 4. The first-order valence-electron chi connectivity index (χ1n) is 7.58. The number of benzene rings is 1. The van der Waals surface area contributed by atoms with Crippen molar-refractivity contribution in [3.8, 4) is 11.5 Å². The van der Waals surface area contributed by atoms with Gasteiger partial charge in [0, 0.05) is 12.6 Å². The fourth-order valence-electron chi connectivity index (χ4n) is 1.88. The SMILES string of the molecule is CCCOc1ccc(C(=O)N(C)c2nn[nH]n2)cc1OCCC. The van der Waals surface area contributed by atoms with Gasteiger partial charge in [0.15, 0.2) is 11.5 Å². The molecule has 0 aliphatic rings. The molecule has 0 saturated carbocycles. The Kier molecular flexibility index (Phi) is 5.90. The van der Waals surface area contributed by atoms with E-state index in [2.05, 4.69) is 20.6 Å². The minimum atomic E-state index is -0.255. The Balaban J connectivity index is 2.22. The number of anilines is 1. The van der Waals surface area contributed by atoms with Gasteiger partial charge in [-0.2, -0.15) is 5.21 Å². The molecule has 2 aromatic rings. The average molecular weight is 319 g/mol. The van der Waals surface area contributed by atoms with Gasteiger partial charge in [-0.3, -0.25) is 9.69 Å². The molecule has 1 N–H and O–H groups in total. The molecule has 124 valence electrons. The fourth-order valence-corrected chi connectivity index (χ4v) is 1.88. The maximum Gasteiger partial charge on any atom is 0.272 e. The lowest BCUT2D eigenvalue weighted by molar-refractivity contribution is 0.0991. The van der Waals surface area contributed by atoms with Crippen molar-refractivity contribution in [1.82, 2.24) is 20.6 Å². The van der Waals surface area contributed by atoms with Crippen LogP contribution in [0, 0.1) is 0 Å². The molecule has 1 aromatic carbocycles. The number of ether oxygens (including phenoxy) is 2. The Hall–Kier alpha value is -2.64. The number of hydrogen-bond donors (Lipinski definition) is 1. The number of aromatic amines is 1. The molecular formula is C15H21N5O3. The van der Waals surface area contributed by atoms with E-state index in [4.69, 9.17) is 9.47 Å². The number of hydrogen-bond acceptors (Lipinski definition) is 6. The van der Waals surface area contributed by atoms with Gasteiger partial charge in [-0.15, -0.1) is 5.10 Å². The van der Waals surface area contributed by atoms with Crippen molar-refractivity contribution in [2.24, 2.45) is 0 Å². The molecule has 0 unspecified atom stereocenters. The molecule has 8 heteroatoms. The molecule has 8 nitrogen and oxygen atoms in total. The van der Waals surface area contributed by atoms with Crippen LogP contribution in [-0.4, -0.2) is 46.8 Å². The molecule has 23 heavy (non-hydrogen) atoms. The van der Waals surface area contributed by atoms with Gasteiger partial charge in [0.25, 0.3) is 11.9 Å². The summed E-state index contributed by atoms with van der Waals surface area (Å²) in [6, 6.07) is 5.13. The van der Waals surface area contributed by atoms with E-state index in [1.165, 1.54) is 4.90 Å². The van der Waals surface area contributed by atoms with E-state index < -0.39 is 0 Å². The molecule has 1 amide bonds. The third-order valence-corrected chi connectivity index (χ3v) is 3.05. The summed E-state index contributed by atoms with van der Waals surface area (Å²) in [6.07, 6.45) is 1.77. The summed E-state index contributed by atoms with van der Waals surface area (Å²) in [5.74, 6) is 1.15. The van der Waals surface area contributed by atoms with Crippen LogP contribution in [0.25, 0.3) is 0 Å². The number of H-pyrrole nitrogens is 1. The molecule has 0 atom stereocenters. The van der Waals surface area contributed by atoms with Gasteiger partial charge in [-0.1, -0.05) is 18.9 Å². The average Bonchev–Trinajstić information content (AvgIpc) is 3.11. The van der Waals surface area contributed by atoms with Crippen LogP contribution in [0.3, 0.4) is 0 Å². The quantitative estimate of drug-likeness (QED) is 0.800. The van der Waals surface area contributed by atoms with Crippen molar-refractivity contribution < 1.29 is 14.3 Å². The summed E-state index contributed by atoms with van der Waals surface area (Å²) in [4.78, 5) is 13.8. The second-order valence-electron chi connectivity index (χ2n) is 4.93. The van der Waals surface area contributed by atoms with Gasteiger partial charge in [0.2, 0.25) is 0 Å². The van der Waals surface area contributed by atoms with Crippen LogP contribution < -0.4 is 14.4 Å². The van der Waals surface area contributed by atoms with Crippen LogP contribution in [-0.2, 0) is 0 Å². The molecule has 0 saturated heterocycles. The van der Waals surface area contributed by atoms with Gasteiger partial charge in [0.05, 0.1) is 13.2 Å². The van der Waals surface area contributed by atoms with Crippen molar-refractivity contribution in [1.29, 1.82) is 0 Å². The number of amides is 1. The Bertz CT molecular complexity index is 630. The van der Waals surface area contributed by atoms with Gasteiger partial charge in [-0.25, -0.2) is 0 Å². The zero-order valence-corrected chi connectivity index (χ0v) is 13.6. The topological polar surface area (TPSA) is 93.2 Å². The first-order chi connectivity index (χ1) is 11.2. The Morgan fingerprint density at radius 3 is 2.48 bits per heavy atom. The summed E-state index contributed by atoms with van der Waals surface area (Å²) >= 11 is 0. The number of rotatable bonds is 8. The first-order valence-corrected chi connectivity index (χ1v) is 7.58. The summed E-state index contributed by atoms with van der Waals surface area (Å²) in [5.41, 5.74) is 0.465. The standard InChI is InChI=1S/C15H21N5O3/c1-4-8-22-12-7-6-11(10-13(12)23-9-5-2)14(21)20(3)15-16-18-19-17-15/h6-7,10H,4-5,8-9H2,1-3H3,(H,16,17,18,19). The van der Waals surface area contributed by atoms with Crippen LogP contribution in [0.15, 0.2) is 18.2 Å². The normalized spacial score (nSPS) is 10.4. The third kappa shape index (κ3) is 4.18. The van der Waals surface area contributed by atoms with Crippen molar-refractivity contribution in [3.63, 3.8) is 0 Å². The highest BCUT2D eigenvalue weighted by atomic mass is 16.5. The highest BCUT2D eigenvalue weighted by molar-refractivity contribution is 6.05. The van der Waals surface area contributed by atoms with Gasteiger partial charge >= 0.3 is 0 Å². The van der Waals surface area contributed by atoms with Crippen molar-refractivity contribution in [2.45, 2.75) is 26.7 Å². The first kappa shape index (κ1) is 16.7. The largest absolute Gasteiger partial charge is 0.490 e. The lowest BCUT2D eigenvalue weighted by atomic mass is 10.1. The van der Waals surface area contributed by atoms with Gasteiger partial charge in [0.1, 0.15) is 0 Å². The van der Waals surface area contributed by atoms with Crippen LogP contribution in [0.5, 0.6) is 11.5 Å². The highest BCUT2D eigenvalue weighted by Gasteiger charge is 2.19. The molecule has 0 radical (unpaired) electrons. The van der Waals surface area contributed by atoms with E-state index >= 15 is 0 Å². The number of aromatic nitrogens is 4. The van der Waals surface area contributed by atoms with Gasteiger partial charge in [-0.05, 0) is 36.3 Å². The number of tetrazole rings is 1. The second kappa shape index (κ2) is 8.11. The zero-order chi connectivity index (χ0) is 16.7. The zero-order valence-electron chi connectivity index (χ0n) is 13.6. The fraction of sp³-hybridized carbons (Fsp3) is 0.467. The smallest absolute Gasteiger partial charge is 0.272 e. The van der Waals surface area contributed by atoms with Crippen molar-refractivity contribution in [2.75, 3.05) is 25.2 Å². The third-order valence-electron chi connectivity index (χ3n) is 3.05. The minimum Gasteiger partial charge on any atom is -0.490 e. The van der Waals surface area contributed by atoms with Crippen LogP contribution >= 0.6 is 0 Å². The summed E-state index contributed by atoms with van der Waals surface area (Å²) in [6.45, 7) is 5.20. The molecule has 1 heterocycles. The number of carbonyl (C=O) groups excluding carboxylic acids is 1. The molecule has 0 aliphatic carbocycles. The molecular weight excluding hydrogens is 298 g/mol. The number of nitrogens with one attached hydrogen (secondary N) is 1. The lowest BCUT2D eigenvalue weighted by Crippen LogP contribution is -2.27. The number of carbonyl (C=O) groups is 1. The summed E-state index contributed by atoms with van der Waals surface area (Å²) in [7, 11) is 1.58. The minimum absolute atomic E-state index is 0.206. The summed E-state index contributed by atoms with van der Waals surface area (Å²) in [5, 5.41) is 13.4. The predicted octanol–water partition coefficient (Wildman–Crippen LogP) is 2.05. The molecule has 2 rings (SSSR count). The van der Waals surface area contributed by atoms with E-state index in [-0.39, 0.29) is 11.9 Å². The van der Waals surface area contributed by atoms with E-state index in [0.29, 0.717) is 30.3 Å². The maximum absolute atomic E-state index is 12.5. The molecule has 1 aromatic heterocycles. The van der Waals surface area contributed by atoms with Crippen molar-refractivity contribution >= 4 is 11.9 Å². The van der Waals surface area contributed by atoms with E-state index in [0.717, 1.165) is 12.8 Å². The van der Waals surface area contributed by atoms with Crippen molar-refractivity contribution in [3.05, 3.63) is 23.8 Å². The molecule has 0 aliphatic heterocycles. The Morgan fingerprint density at radius 2 is 1.87 bits per heavy atom.